The molecular formula is C17H37NO7Si2. The zero-order valence-corrected chi connectivity index (χ0v) is 19.5. The highest BCUT2D eigenvalue weighted by Crippen LogP contribution is 2.23. The molecule has 0 aromatic heterocycles. The van der Waals surface area contributed by atoms with Gasteiger partial charge in [-0.1, -0.05) is 6.08 Å². The Kier molecular flexibility index (Phi) is 12.1. The molecular weight excluding hydrogens is 386 g/mol. The summed E-state index contributed by atoms with van der Waals surface area (Å²) in [5, 5.41) is 0. The first-order valence-electron chi connectivity index (χ1n) is 9.37. The molecule has 10 heteroatoms. The molecule has 1 saturated heterocycles. The molecule has 8 nitrogen and oxygen atoms in total. The third-order valence-electron chi connectivity index (χ3n) is 4.82. The van der Waals surface area contributed by atoms with Crippen molar-refractivity contribution in [2.24, 2.45) is 0 Å². The van der Waals surface area contributed by atoms with E-state index in [9.17, 15) is 0 Å². The fourth-order valence-corrected chi connectivity index (χ4v) is 7.11. The topological polar surface area (TPSA) is 67.9 Å². The molecule has 0 radical (unpaired) electrons. The summed E-state index contributed by atoms with van der Waals surface area (Å²) in [5.74, 6) is 0. The molecule has 1 aliphatic rings. The van der Waals surface area contributed by atoms with Gasteiger partial charge in [0.15, 0.2) is 0 Å². The van der Waals surface area contributed by atoms with Crippen molar-refractivity contribution in [1.29, 1.82) is 0 Å². The normalized spacial score (nSPS) is 21.6. The lowest BCUT2D eigenvalue weighted by Gasteiger charge is -2.37. The van der Waals surface area contributed by atoms with Gasteiger partial charge < -0.3 is 36.2 Å². The molecule has 1 unspecified atom stereocenters. The Morgan fingerprint density at radius 1 is 1.15 bits per heavy atom. The molecule has 160 valence electrons. The van der Waals surface area contributed by atoms with E-state index in [0.29, 0.717) is 13.2 Å². The van der Waals surface area contributed by atoms with Gasteiger partial charge >= 0.3 is 17.6 Å². The largest absolute Gasteiger partial charge is 0.500 e. The molecule has 0 spiro atoms. The summed E-state index contributed by atoms with van der Waals surface area (Å²) >= 11 is 0. The van der Waals surface area contributed by atoms with E-state index < -0.39 is 17.6 Å². The van der Waals surface area contributed by atoms with Crippen LogP contribution in [0.2, 0.25) is 12.1 Å². The van der Waals surface area contributed by atoms with Crippen LogP contribution in [0.4, 0.5) is 0 Å². The van der Waals surface area contributed by atoms with E-state index in [0.717, 1.165) is 44.6 Å². The first-order valence-corrected chi connectivity index (χ1v) is 13.2. The molecule has 0 N–H and O–H groups in total. The standard InChI is InChI=1S/C17H37NO7Si2/c1-7-12-24-16-17-15-18(10-8-13-26(19-2,20-3)21-4)11-9-14-27(22-5,23-6)25-17/h7,17H,1,8-16H2,2-6H3. The Labute approximate surface area is 166 Å². The Bertz CT molecular complexity index is 400. The second-order valence-corrected chi connectivity index (χ2v) is 12.5. The van der Waals surface area contributed by atoms with Gasteiger partial charge in [0, 0.05) is 54.2 Å². The molecule has 0 aliphatic carbocycles. The number of nitrogens with zero attached hydrogens (tertiary/aromatic N) is 1. The molecule has 0 aromatic carbocycles. The molecule has 1 aliphatic heterocycles. The Hall–Kier alpha value is -0.146. The van der Waals surface area contributed by atoms with Gasteiger partial charge in [-0.3, -0.25) is 0 Å². The van der Waals surface area contributed by atoms with Crippen LogP contribution in [0.3, 0.4) is 0 Å². The van der Waals surface area contributed by atoms with Crippen LogP contribution in [0.5, 0.6) is 0 Å². The van der Waals surface area contributed by atoms with E-state index >= 15 is 0 Å². The van der Waals surface area contributed by atoms with Crippen molar-refractivity contribution in [3.05, 3.63) is 12.7 Å². The van der Waals surface area contributed by atoms with E-state index in [-0.39, 0.29) is 6.10 Å². The minimum absolute atomic E-state index is 0.105. The van der Waals surface area contributed by atoms with Crippen LogP contribution in [0.1, 0.15) is 12.8 Å². The predicted octanol–water partition coefficient (Wildman–Crippen LogP) is 1.78. The zero-order valence-electron chi connectivity index (χ0n) is 17.5. The third-order valence-corrected chi connectivity index (χ3v) is 10.6. The van der Waals surface area contributed by atoms with Gasteiger partial charge in [-0.25, -0.2) is 0 Å². The maximum atomic E-state index is 6.29. The summed E-state index contributed by atoms with van der Waals surface area (Å²) in [6.07, 6.45) is 3.53. The lowest BCUT2D eigenvalue weighted by Crippen LogP contribution is -2.53. The molecule has 0 bridgehead atoms. The van der Waals surface area contributed by atoms with E-state index in [1.54, 1.807) is 41.6 Å². The molecule has 0 aromatic rings. The van der Waals surface area contributed by atoms with Crippen LogP contribution in [-0.4, -0.2) is 97.0 Å². The SMILES string of the molecule is C=CCOCC1CN(CCC[Si](OC)(OC)OC)CCC[Si](OC)(OC)O1. The Morgan fingerprint density at radius 2 is 1.81 bits per heavy atom. The Morgan fingerprint density at radius 3 is 2.37 bits per heavy atom. The summed E-state index contributed by atoms with van der Waals surface area (Å²) in [5.41, 5.74) is 0. The van der Waals surface area contributed by atoms with Crippen LogP contribution >= 0.6 is 0 Å². The number of rotatable bonds is 13. The highest BCUT2D eigenvalue weighted by molar-refractivity contribution is 6.61. The first kappa shape index (κ1) is 24.9. The third kappa shape index (κ3) is 8.01. The second-order valence-electron chi connectivity index (χ2n) is 6.46. The van der Waals surface area contributed by atoms with Crippen LogP contribution in [0.15, 0.2) is 12.7 Å². The van der Waals surface area contributed by atoms with Crippen LogP contribution in [0, 0.1) is 0 Å². The summed E-state index contributed by atoms with van der Waals surface area (Å²) in [4.78, 5) is 2.39. The highest BCUT2D eigenvalue weighted by atomic mass is 28.4. The highest BCUT2D eigenvalue weighted by Gasteiger charge is 2.43. The molecule has 1 fully saturated rings. The van der Waals surface area contributed by atoms with Crippen LogP contribution < -0.4 is 0 Å². The van der Waals surface area contributed by atoms with Gasteiger partial charge in [0.25, 0.3) is 0 Å². The van der Waals surface area contributed by atoms with Gasteiger partial charge in [-0.15, -0.1) is 6.58 Å². The first-order chi connectivity index (χ1) is 13.0. The quantitative estimate of drug-likeness (QED) is 0.252. The fourth-order valence-electron chi connectivity index (χ4n) is 3.28. The lowest BCUT2D eigenvalue weighted by atomic mass is 10.3. The second kappa shape index (κ2) is 13.1. The average Bonchev–Trinajstić information content (AvgIpc) is 2.68. The van der Waals surface area contributed by atoms with Gasteiger partial charge in [-0.05, 0) is 25.9 Å². The minimum Gasteiger partial charge on any atom is -0.377 e. The lowest BCUT2D eigenvalue weighted by molar-refractivity contribution is -0.0166. The maximum absolute atomic E-state index is 6.29. The van der Waals surface area contributed by atoms with E-state index in [2.05, 4.69) is 11.5 Å². The van der Waals surface area contributed by atoms with E-state index in [1.165, 1.54) is 0 Å². The van der Waals surface area contributed by atoms with Gasteiger partial charge in [0.05, 0.1) is 19.3 Å². The minimum atomic E-state index is -2.63. The predicted molar refractivity (Wildman–Crippen MR) is 108 cm³/mol. The summed E-state index contributed by atoms with van der Waals surface area (Å²) in [6.45, 7) is 7.32. The van der Waals surface area contributed by atoms with Crippen molar-refractivity contribution in [1.82, 2.24) is 4.90 Å². The van der Waals surface area contributed by atoms with E-state index in [4.69, 9.17) is 31.3 Å². The molecule has 1 atom stereocenters. The maximum Gasteiger partial charge on any atom is 0.500 e. The van der Waals surface area contributed by atoms with Gasteiger partial charge in [-0.2, -0.15) is 0 Å². The van der Waals surface area contributed by atoms with E-state index in [1.807, 2.05) is 0 Å². The smallest absolute Gasteiger partial charge is 0.377 e. The van der Waals surface area contributed by atoms with Crippen molar-refractivity contribution < 1.29 is 31.3 Å². The van der Waals surface area contributed by atoms with Crippen molar-refractivity contribution in [3.8, 4) is 0 Å². The van der Waals surface area contributed by atoms with Crippen molar-refractivity contribution in [2.45, 2.75) is 31.0 Å². The molecule has 27 heavy (non-hydrogen) atoms. The fraction of sp³-hybridized carbons (Fsp3) is 0.882. The summed E-state index contributed by atoms with van der Waals surface area (Å²) in [6, 6.07) is 1.57. The van der Waals surface area contributed by atoms with Crippen LogP contribution in [0.25, 0.3) is 0 Å². The van der Waals surface area contributed by atoms with Crippen LogP contribution in [-0.2, 0) is 31.3 Å². The van der Waals surface area contributed by atoms with Gasteiger partial charge in [0.2, 0.25) is 0 Å². The zero-order chi connectivity index (χ0) is 20.2. The monoisotopic (exact) mass is 423 g/mol. The number of hydrogen-bond donors (Lipinski definition) is 0. The molecule has 1 rings (SSSR count). The van der Waals surface area contributed by atoms with Crippen molar-refractivity contribution in [2.75, 3.05) is 68.4 Å². The van der Waals surface area contributed by atoms with Crippen molar-refractivity contribution in [3.63, 3.8) is 0 Å². The number of ether oxygens (including phenoxy) is 1. The number of hydrogen-bond acceptors (Lipinski definition) is 8. The van der Waals surface area contributed by atoms with Gasteiger partial charge in [0.1, 0.15) is 0 Å². The van der Waals surface area contributed by atoms with Crippen molar-refractivity contribution >= 4 is 17.6 Å². The summed E-state index contributed by atoms with van der Waals surface area (Å²) < 4.78 is 39.8. The molecule has 1 heterocycles. The Balaban J connectivity index is 2.66. The average molecular weight is 424 g/mol. The molecule has 0 saturated carbocycles. The summed E-state index contributed by atoms with van der Waals surface area (Å²) in [7, 11) is 3.12. The molecule has 0 amide bonds.